The van der Waals surface area contributed by atoms with Crippen LogP contribution < -0.4 is 5.32 Å². The summed E-state index contributed by atoms with van der Waals surface area (Å²) in [6, 6.07) is 11.4. The first-order valence-electron chi connectivity index (χ1n) is 9.30. The lowest BCUT2D eigenvalue weighted by molar-refractivity contribution is 0.0830. The summed E-state index contributed by atoms with van der Waals surface area (Å²) in [5.74, 6) is 0.818. The van der Waals surface area contributed by atoms with E-state index in [0.29, 0.717) is 30.3 Å². The number of nitrogens with one attached hydrogen (secondary N) is 2. The van der Waals surface area contributed by atoms with Gasteiger partial charge in [-0.1, -0.05) is 11.6 Å². The van der Waals surface area contributed by atoms with Crippen LogP contribution in [0.3, 0.4) is 0 Å². The van der Waals surface area contributed by atoms with E-state index in [1.54, 1.807) is 0 Å². The van der Waals surface area contributed by atoms with E-state index in [1.165, 1.54) is 0 Å². The molecule has 2 aromatic heterocycles. The van der Waals surface area contributed by atoms with Gasteiger partial charge in [-0.15, -0.1) is 0 Å². The summed E-state index contributed by atoms with van der Waals surface area (Å²) in [6.07, 6.45) is 2.70. The summed E-state index contributed by atoms with van der Waals surface area (Å²) in [5.41, 5.74) is 4.68. The lowest BCUT2D eigenvalue weighted by Gasteiger charge is -2.14. The minimum Gasteiger partial charge on any atom is -0.372 e. The minimum absolute atomic E-state index is 0.0954. The first kappa shape index (κ1) is 17.3. The van der Waals surface area contributed by atoms with Crippen LogP contribution in [0, 0.1) is 0 Å². The lowest BCUT2D eigenvalue weighted by atomic mass is 10.1. The molecule has 3 heterocycles. The Morgan fingerprint density at radius 1 is 1.29 bits per heavy atom. The topological polar surface area (TPSA) is 71.9 Å². The van der Waals surface area contributed by atoms with Crippen molar-refractivity contribution in [2.45, 2.75) is 19.6 Å². The highest BCUT2D eigenvalue weighted by molar-refractivity contribution is 6.31. The SMILES string of the molecule is O=C(NCCc1c[nH]c2ccc(Cl)cc12)c1ccc2c(c1)nc1n2CCOC1. The number of carbonyl (C=O) groups is 1. The minimum atomic E-state index is -0.0954. The molecule has 0 unspecified atom stereocenters. The fourth-order valence-corrected chi connectivity index (χ4v) is 3.94. The second kappa shape index (κ2) is 6.96. The first-order valence-corrected chi connectivity index (χ1v) is 9.67. The number of halogens is 1. The molecule has 2 aromatic carbocycles. The van der Waals surface area contributed by atoms with Crippen molar-refractivity contribution in [1.29, 1.82) is 0 Å². The molecule has 0 aliphatic carbocycles. The number of rotatable bonds is 4. The largest absolute Gasteiger partial charge is 0.372 e. The van der Waals surface area contributed by atoms with E-state index in [9.17, 15) is 4.79 Å². The molecule has 6 nitrogen and oxygen atoms in total. The van der Waals surface area contributed by atoms with E-state index in [1.807, 2.05) is 42.6 Å². The predicted molar refractivity (Wildman–Crippen MR) is 109 cm³/mol. The third-order valence-corrected chi connectivity index (χ3v) is 5.42. The summed E-state index contributed by atoms with van der Waals surface area (Å²) in [5, 5.41) is 4.80. The third-order valence-electron chi connectivity index (χ3n) is 5.19. The molecule has 1 amide bonds. The third kappa shape index (κ3) is 3.04. The monoisotopic (exact) mass is 394 g/mol. The van der Waals surface area contributed by atoms with Gasteiger partial charge in [-0.25, -0.2) is 4.98 Å². The van der Waals surface area contributed by atoms with Crippen LogP contribution in [0.25, 0.3) is 21.9 Å². The van der Waals surface area contributed by atoms with Gasteiger partial charge in [0.25, 0.3) is 5.91 Å². The Bertz CT molecular complexity index is 1190. The lowest BCUT2D eigenvalue weighted by Crippen LogP contribution is -2.25. The number of nitrogens with zero attached hydrogens (tertiary/aromatic N) is 2. The Hall–Kier alpha value is -2.83. The van der Waals surface area contributed by atoms with Crippen molar-refractivity contribution in [3.63, 3.8) is 0 Å². The predicted octanol–water partition coefficient (Wildman–Crippen LogP) is 3.67. The smallest absolute Gasteiger partial charge is 0.251 e. The van der Waals surface area contributed by atoms with Gasteiger partial charge in [-0.05, 0) is 48.4 Å². The molecule has 0 fully saturated rings. The maximum Gasteiger partial charge on any atom is 0.251 e. The van der Waals surface area contributed by atoms with Crippen molar-refractivity contribution in [2.24, 2.45) is 0 Å². The van der Waals surface area contributed by atoms with Crippen LogP contribution in [0.4, 0.5) is 0 Å². The second-order valence-electron chi connectivity index (χ2n) is 6.95. The highest BCUT2D eigenvalue weighted by Crippen LogP contribution is 2.23. The molecule has 0 radical (unpaired) electrons. The standard InChI is InChI=1S/C21H19ClN4O2/c22-15-2-3-17-16(10-15)14(11-24-17)5-6-23-21(27)13-1-4-19-18(9-13)25-20-12-28-8-7-26(19)20/h1-4,9-11,24H,5-8,12H2,(H,23,27). The van der Waals surface area contributed by atoms with Gasteiger partial charge in [-0.2, -0.15) is 0 Å². The van der Waals surface area contributed by atoms with E-state index >= 15 is 0 Å². The van der Waals surface area contributed by atoms with Crippen LogP contribution in [0.15, 0.2) is 42.6 Å². The molecule has 4 aromatic rings. The van der Waals surface area contributed by atoms with Crippen molar-refractivity contribution in [1.82, 2.24) is 19.9 Å². The Balaban J connectivity index is 1.29. The van der Waals surface area contributed by atoms with E-state index in [4.69, 9.17) is 16.3 Å². The molecule has 5 rings (SSSR count). The molecule has 2 N–H and O–H groups in total. The number of H-pyrrole nitrogens is 1. The van der Waals surface area contributed by atoms with E-state index in [2.05, 4.69) is 19.9 Å². The molecule has 0 atom stereocenters. The summed E-state index contributed by atoms with van der Waals surface area (Å²) in [4.78, 5) is 20.4. The van der Waals surface area contributed by atoms with Gasteiger partial charge in [0.15, 0.2) is 0 Å². The molecule has 0 saturated heterocycles. The Kier molecular flexibility index (Phi) is 4.30. The molecule has 0 saturated carbocycles. The summed E-state index contributed by atoms with van der Waals surface area (Å²) in [7, 11) is 0. The normalized spacial score (nSPS) is 13.8. The number of imidazole rings is 1. The number of hydrogen-bond donors (Lipinski definition) is 2. The van der Waals surface area contributed by atoms with Gasteiger partial charge < -0.3 is 19.6 Å². The second-order valence-corrected chi connectivity index (χ2v) is 7.38. The molecular formula is C21H19ClN4O2. The first-order chi connectivity index (χ1) is 13.7. The summed E-state index contributed by atoms with van der Waals surface area (Å²) in [6.45, 7) is 2.56. The van der Waals surface area contributed by atoms with Gasteiger partial charge in [-0.3, -0.25) is 4.79 Å². The summed E-state index contributed by atoms with van der Waals surface area (Å²) < 4.78 is 7.61. The molecule has 0 bridgehead atoms. The fourth-order valence-electron chi connectivity index (χ4n) is 3.77. The van der Waals surface area contributed by atoms with Gasteiger partial charge >= 0.3 is 0 Å². The number of aromatic amines is 1. The van der Waals surface area contributed by atoms with Crippen LogP contribution in [-0.2, 0) is 24.3 Å². The zero-order valence-electron chi connectivity index (χ0n) is 15.2. The molecule has 28 heavy (non-hydrogen) atoms. The molecule has 0 spiro atoms. The highest BCUT2D eigenvalue weighted by atomic mass is 35.5. The maximum atomic E-state index is 12.6. The maximum absolute atomic E-state index is 12.6. The van der Waals surface area contributed by atoms with E-state index < -0.39 is 0 Å². The van der Waals surface area contributed by atoms with Crippen LogP contribution in [0.1, 0.15) is 21.7 Å². The number of aromatic nitrogens is 3. The fraction of sp³-hybridized carbons (Fsp3) is 0.238. The van der Waals surface area contributed by atoms with Crippen molar-refractivity contribution < 1.29 is 9.53 Å². The van der Waals surface area contributed by atoms with Gasteiger partial charge in [0.2, 0.25) is 0 Å². The van der Waals surface area contributed by atoms with Crippen molar-refractivity contribution in [3.05, 3.63) is 64.6 Å². The molecule has 1 aliphatic heterocycles. The van der Waals surface area contributed by atoms with E-state index in [0.717, 1.165) is 46.3 Å². The van der Waals surface area contributed by atoms with Crippen molar-refractivity contribution in [3.8, 4) is 0 Å². The Morgan fingerprint density at radius 2 is 2.21 bits per heavy atom. The van der Waals surface area contributed by atoms with E-state index in [-0.39, 0.29) is 5.91 Å². The van der Waals surface area contributed by atoms with Crippen molar-refractivity contribution >= 4 is 39.4 Å². The van der Waals surface area contributed by atoms with Gasteiger partial charge in [0, 0.05) is 40.8 Å². The summed E-state index contributed by atoms with van der Waals surface area (Å²) >= 11 is 6.10. The average Bonchev–Trinajstić information content (AvgIpc) is 3.28. The number of amides is 1. The van der Waals surface area contributed by atoms with Crippen LogP contribution in [0.5, 0.6) is 0 Å². The molecule has 1 aliphatic rings. The average molecular weight is 395 g/mol. The molecule has 7 heteroatoms. The van der Waals surface area contributed by atoms with Crippen molar-refractivity contribution in [2.75, 3.05) is 13.2 Å². The molecular weight excluding hydrogens is 376 g/mol. The Morgan fingerprint density at radius 3 is 3.14 bits per heavy atom. The number of ether oxygens (including phenoxy) is 1. The van der Waals surface area contributed by atoms with Crippen LogP contribution >= 0.6 is 11.6 Å². The number of benzene rings is 2. The van der Waals surface area contributed by atoms with Gasteiger partial charge in [0.1, 0.15) is 12.4 Å². The zero-order valence-corrected chi connectivity index (χ0v) is 15.9. The van der Waals surface area contributed by atoms with Crippen LogP contribution in [0.2, 0.25) is 5.02 Å². The number of carbonyl (C=O) groups excluding carboxylic acids is 1. The zero-order chi connectivity index (χ0) is 19.1. The quantitative estimate of drug-likeness (QED) is 0.554. The Labute approximate surface area is 166 Å². The van der Waals surface area contributed by atoms with Gasteiger partial charge in [0.05, 0.1) is 17.6 Å². The number of hydrogen-bond acceptors (Lipinski definition) is 3. The van der Waals surface area contributed by atoms with Crippen LogP contribution in [-0.4, -0.2) is 33.6 Å². The highest BCUT2D eigenvalue weighted by Gasteiger charge is 2.16. The molecule has 142 valence electrons. The number of fused-ring (bicyclic) bond motifs is 4.